The molecule has 0 radical (unpaired) electrons. The SMILES string of the molecule is Cc1cc(OCCCC(=O)Nc2ccccc2C(=O)O)c(Br)c(C)c1Cl. The number of aromatic carboxylic acids is 1. The first-order valence-electron chi connectivity index (χ1n) is 8.01. The average molecular weight is 441 g/mol. The Morgan fingerprint density at radius 3 is 2.65 bits per heavy atom. The van der Waals surface area contributed by atoms with Crippen LogP contribution in [0, 0.1) is 13.8 Å². The third-order valence-corrected chi connectivity index (χ3v) is 5.37. The summed E-state index contributed by atoms with van der Waals surface area (Å²) in [6, 6.07) is 8.15. The Labute approximate surface area is 165 Å². The molecule has 0 aromatic heterocycles. The largest absolute Gasteiger partial charge is 0.492 e. The zero-order chi connectivity index (χ0) is 19.3. The maximum absolute atomic E-state index is 12.0. The van der Waals surface area contributed by atoms with Crippen LogP contribution in [0.15, 0.2) is 34.8 Å². The highest BCUT2D eigenvalue weighted by atomic mass is 79.9. The van der Waals surface area contributed by atoms with Gasteiger partial charge in [0, 0.05) is 11.4 Å². The van der Waals surface area contributed by atoms with Crippen molar-refractivity contribution < 1.29 is 19.4 Å². The van der Waals surface area contributed by atoms with E-state index in [-0.39, 0.29) is 23.6 Å². The third kappa shape index (κ3) is 4.99. The number of carboxylic acid groups (broad SMARTS) is 1. The van der Waals surface area contributed by atoms with E-state index in [4.69, 9.17) is 21.4 Å². The quantitative estimate of drug-likeness (QED) is 0.579. The molecule has 0 saturated heterocycles. The molecule has 7 heteroatoms. The zero-order valence-corrected chi connectivity index (χ0v) is 16.8. The van der Waals surface area contributed by atoms with E-state index >= 15 is 0 Å². The van der Waals surface area contributed by atoms with Crippen LogP contribution in [0.3, 0.4) is 0 Å². The van der Waals surface area contributed by atoms with Crippen molar-refractivity contribution in [3.63, 3.8) is 0 Å². The molecule has 26 heavy (non-hydrogen) atoms. The van der Waals surface area contributed by atoms with Gasteiger partial charge in [-0.25, -0.2) is 4.79 Å². The minimum Gasteiger partial charge on any atom is -0.492 e. The van der Waals surface area contributed by atoms with Crippen molar-refractivity contribution >= 4 is 45.1 Å². The second-order valence-electron chi connectivity index (χ2n) is 5.80. The molecule has 5 nitrogen and oxygen atoms in total. The molecule has 0 aliphatic carbocycles. The van der Waals surface area contributed by atoms with Crippen LogP contribution in [0.1, 0.15) is 34.3 Å². The predicted molar refractivity (Wildman–Crippen MR) is 105 cm³/mol. The van der Waals surface area contributed by atoms with E-state index in [9.17, 15) is 9.59 Å². The summed E-state index contributed by atoms with van der Waals surface area (Å²) in [7, 11) is 0. The molecule has 0 atom stereocenters. The second kappa shape index (κ2) is 9.05. The number of para-hydroxylation sites is 1. The van der Waals surface area contributed by atoms with Gasteiger partial charge in [-0.2, -0.15) is 0 Å². The van der Waals surface area contributed by atoms with Crippen LogP contribution in [0.5, 0.6) is 5.75 Å². The Kier molecular flexibility index (Phi) is 7.06. The van der Waals surface area contributed by atoms with Gasteiger partial charge >= 0.3 is 5.97 Å². The Morgan fingerprint density at radius 2 is 1.96 bits per heavy atom. The fourth-order valence-corrected chi connectivity index (χ4v) is 3.10. The summed E-state index contributed by atoms with van der Waals surface area (Å²) in [5.41, 5.74) is 2.18. The highest BCUT2D eigenvalue weighted by Gasteiger charge is 2.13. The van der Waals surface area contributed by atoms with Crippen LogP contribution in [0.4, 0.5) is 5.69 Å². The maximum Gasteiger partial charge on any atom is 0.337 e. The van der Waals surface area contributed by atoms with Crippen LogP contribution >= 0.6 is 27.5 Å². The lowest BCUT2D eigenvalue weighted by Gasteiger charge is -2.13. The third-order valence-electron chi connectivity index (χ3n) is 3.81. The predicted octanol–water partition coefficient (Wildman–Crippen LogP) is 5.22. The van der Waals surface area contributed by atoms with Crippen molar-refractivity contribution in [3.8, 4) is 5.75 Å². The summed E-state index contributed by atoms with van der Waals surface area (Å²) in [5.74, 6) is -0.659. The Balaban J connectivity index is 1.88. The number of carbonyl (C=O) groups is 2. The summed E-state index contributed by atoms with van der Waals surface area (Å²) >= 11 is 9.66. The number of carboxylic acids is 1. The van der Waals surface area contributed by atoms with Gasteiger partial charge in [0.15, 0.2) is 0 Å². The second-order valence-corrected chi connectivity index (χ2v) is 6.97. The number of amides is 1. The number of halogens is 2. The maximum atomic E-state index is 12.0. The number of carbonyl (C=O) groups excluding carboxylic acids is 1. The molecule has 2 N–H and O–H groups in total. The van der Waals surface area contributed by atoms with Gasteiger partial charge in [-0.05, 0) is 65.5 Å². The molecule has 2 rings (SSSR count). The number of ether oxygens (including phenoxy) is 1. The van der Waals surface area contributed by atoms with E-state index in [0.29, 0.717) is 23.8 Å². The van der Waals surface area contributed by atoms with E-state index in [1.807, 2.05) is 19.9 Å². The topological polar surface area (TPSA) is 75.6 Å². The molecule has 0 saturated carbocycles. The zero-order valence-electron chi connectivity index (χ0n) is 14.4. The molecular formula is C19H19BrClNO4. The van der Waals surface area contributed by atoms with Crippen molar-refractivity contribution in [2.45, 2.75) is 26.7 Å². The van der Waals surface area contributed by atoms with Gasteiger partial charge in [0.05, 0.1) is 22.3 Å². The first-order valence-corrected chi connectivity index (χ1v) is 9.18. The normalized spacial score (nSPS) is 10.5. The summed E-state index contributed by atoms with van der Waals surface area (Å²) in [4.78, 5) is 23.2. The number of hydrogen-bond donors (Lipinski definition) is 2. The summed E-state index contributed by atoms with van der Waals surface area (Å²) < 4.78 is 6.54. The van der Waals surface area contributed by atoms with E-state index in [2.05, 4.69) is 21.2 Å². The molecule has 0 unspecified atom stereocenters. The molecule has 2 aromatic carbocycles. The van der Waals surface area contributed by atoms with Crippen molar-refractivity contribution in [2.75, 3.05) is 11.9 Å². The standard InChI is InChI=1S/C19H19BrClNO4/c1-11-10-15(17(20)12(2)18(11)21)26-9-5-8-16(23)22-14-7-4-3-6-13(14)19(24)25/h3-4,6-7,10H,5,8-9H2,1-2H3,(H,22,23)(H,24,25). The van der Waals surface area contributed by atoms with Gasteiger partial charge in [0.1, 0.15) is 5.75 Å². The number of aryl methyl sites for hydroxylation is 1. The number of benzene rings is 2. The molecule has 0 bridgehead atoms. The molecule has 0 spiro atoms. The number of anilines is 1. The smallest absolute Gasteiger partial charge is 0.337 e. The van der Waals surface area contributed by atoms with Crippen LogP contribution in [0.25, 0.3) is 0 Å². The first kappa shape index (κ1) is 20.3. The Bertz CT molecular complexity index is 839. The van der Waals surface area contributed by atoms with Gasteiger partial charge in [-0.15, -0.1) is 0 Å². The molecular weight excluding hydrogens is 422 g/mol. The van der Waals surface area contributed by atoms with Crippen LogP contribution < -0.4 is 10.1 Å². The van der Waals surface area contributed by atoms with Crippen LogP contribution in [-0.2, 0) is 4.79 Å². The van der Waals surface area contributed by atoms with Crippen molar-refractivity contribution in [3.05, 3.63) is 56.5 Å². The molecule has 138 valence electrons. The Hall–Kier alpha value is -2.05. The molecule has 0 fully saturated rings. The van der Waals surface area contributed by atoms with E-state index in [1.54, 1.807) is 18.2 Å². The monoisotopic (exact) mass is 439 g/mol. The Morgan fingerprint density at radius 1 is 1.27 bits per heavy atom. The van der Waals surface area contributed by atoms with Gasteiger partial charge < -0.3 is 15.2 Å². The van der Waals surface area contributed by atoms with Crippen LogP contribution in [-0.4, -0.2) is 23.6 Å². The van der Waals surface area contributed by atoms with E-state index < -0.39 is 5.97 Å². The van der Waals surface area contributed by atoms with Gasteiger partial charge in [-0.1, -0.05) is 23.7 Å². The van der Waals surface area contributed by atoms with E-state index in [1.165, 1.54) is 6.07 Å². The molecule has 0 aliphatic rings. The molecule has 1 amide bonds. The van der Waals surface area contributed by atoms with Gasteiger partial charge in [0.25, 0.3) is 0 Å². The highest BCUT2D eigenvalue weighted by Crippen LogP contribution is 2.35. The summed E-state index contributed by atoms with van der Waals surface area (Å²) in [5, 5.41) is 12.4. The first-order chi connectivity index (χ1) is 12.3. The minimum absolute atomic E-state index is 0.0631. The fourth-order valence-electron chi connectivity index (χ4n) is 2.41. The lowest BCUT2D eigenvalue weighted by molar-refractivity contribution is -0.116. The van der Waals surface area contributed by atoms with Gasteiger partial charge in [-0.3, -0.25) is 4.79 Å². The van der Waals surface area contributed by atoms with Gasteiger partial charge in [0.2, 0.25) is 5.91 Å². The van der Waals surface area contributed by atoms with E-state index in [0.717, 1.165) is 15.6 Å². The summed E-state index contributed by atoms with van der Waals surface area (Å²) in [6.07, 6.45) is 0.714. The number of rotatable bonds is 7. The molecule has 0 heterocycles. The molecule has 2 aromatic rings. The fraction of sp³-hybridized carbons (Fsp3) is 0.263. The number of nitrogens with one attached hydrogen (secondary N) is 1. The van der Waals surface area contributed by atoms with Crippen molar-refractivity contribution in [1.82, 2.24) is 0 Å². The highest BCUT2D eigenvalue weighted by molar-refractivity contribution is 9.10. The summed E-state index contributed by atoms with van der Waals surface area (Å²) in [6.45, 7) is 4.16. The minimum atomic E-state index is -1.08. The number of hydrogen-bond acceptors (Lipinski definition) is 3. The average Bonchev–Trinajstić information content (AvgIpc) is 2.61. The lowest BCUT2D eigenvalue weighted by atomic mass is 10.1. The van der Waals surface area contributed by atoms with Crippen molar-refractivity contribution in [1.29, 1.82) is 0 Å². The lowest BCUT2D eigenvalue weighted by Crippen LogP contribution is -2.15. The van der Waals surface area contributed by atoms with Crippen molar-refractivity contribution in [2.24, 2.45) is 0 Å². The van der Waals surface area contributed by atoms with Crippen LogP contribution in [0.2, 0.25) is 5.02 Å². The molecule has 0 aliphatic heterocycles.